The van der Waals surface area contributed by atoms with Crippen LogP contribution in [-0.4, -0.2) is 18.6 Å². The Bertz CT molecular complexity index is 345. The van der Waals surface area contributed by atoms with Gasteiger partial charge in [-0.3, -0.25) is 0 Å². The lowest BCUT2D eigenvalue weighted by Crippen LogP contribution is -2.29. The van der Waals surface area contributed by atoms with Crippen molar-refractivity contribution in [2.24, 2.45) is 0 Å². The maximum Gasteiger partial charge on any atom is 0.196 e. The van der Waals surface area contributed by atoms with E-state index in [0.717, 1.165) is 5.56 Å². The van der Waals surface area contributed by atoms with Gasteiger partial charge in [-0.15, -0.1) is 11.6 Å². The molecule has 1 heterocycles. The van der Waals surface area contributed by atoms with Crippen LogP contribution >= 0.6 is 11.6 Å². The first-order valence-corrected chi connectivity index (χ1v) is 5.74. The quantitative estimate of drug-likeness (QED) is 0.761. The van der Waals surface area contributed by atoms with Gasteiger partial charge in [-0.2, -0.15) is 0 Å². The van der Waals surface area contributed by atoms with Crippen molar-refractivity contribution in [1.82, 2.24) is 0 Å². The van der Waals surface area contributed by atoms with Gasteiger partial charge in [0, 0.05) is 17.4 Å². The van der Waals surface area contributed by atoms with Crippen molar-refractivity contribution in [1.29, 1.82) is 0 Å². The van der Waals surface area contributed by atoms with Crippen molar-refractivity contribution >= 4 is 11.6 Å². The number of halogens is 2. The van der Waals surface area contributed by atoms with E-state index in [2.05, 4.69) is 0 Å². The van der Waals surface area contributed by atoms with E-state index in [1.807, 2.05) is 6.92 Å². The highest BCUT2D eigenvalue weighted by molar-refractivity contribution is 6.20. The van der Waals surface area contributed by atoms with Gasteiger partial charge in [0.25, 0.3) is 0 Å². The topological polar surface area (TPSA) is 18.5 Å². The fraction of sp³-hybridized carbons (Fsp3) is 0.500. The molecule has 1 aliphatic rings. The Morgan fingerprint density at radius 3 is 2.38 bits per heavy atom. The van der Waals surface area contributed by atoms with Crippen molar-refractivity contribution in [2.45, 2.75) is 24.5 Å². The molecule has 1 unspecified atom stereocenters. The van der Waals surface area contributed by atoms with Crippen LogP contribution in [0, 0.1) is 5.82 Å². The number of rotatable bonds is 3. The molecule has 1 atom stereocenters. The van der Waals surface area contributed by atoms with Gasteiger partial charge in [-0.25, -0.2) is 4.39 Å². The first-order valence-electron chi connectivity index (χ1n) is 5.30. The third kappa shape index (κ3) is 2.37. The number of ether oxygens (including phenoxy) is 2. The molecule has 2 rings (SSSR count). The zero-order chi connectivity index (χ0) is 11.6. The number of benzene rings is 1. The highest BCUT2D eigenvalue weighted by Gasteiger charge is 2.39. The average molecular weight is 245 g/mol. The molecule has 0 aromatic heterocycles. The molecule has 1 aromatic rings. The lowest BCUT2D eigenvalue weighted by Gasteiger charge is -2.28. The van der Waals surface area contributed by atoms with Gasteiger partial charge in [-0.05, 0) is 19.1 Å². The fourth-order valence-corrected chi connectivity index (χ4v) is 2.13. The Balaban J connectivity index is 2.28. The summed E-state index contributed by atoms with van der Waals surface area (Å²) in [6, 6.07) is 6.17. The summed E-state index contributed by atoms with van der Waals surface area (Å²) < 4.78 is 24.1. The summed E-state index contributed by atoms with van der Waals surface area (Å²) in [5, 5.41) is -0.0665. The Kier molecular flexibility index (Phi) is 3.47. The molecule has 0 aliphatic carbocycles. The largest absolute Gasteiger partial charge is 0.343 e. The monoisotopic (exact) mass is 244 g/mol. The molecular weight excluding hydrogens is 231 g/mol. The minimum atomic E-state index is -0.797. The van der Waals surface area contributed by atoms with Gasteiger partial charge in [0.15, 0.2) is 5.79 Å². The van der Waals surface area contributed by atoms with Crippen LogP contribution in [0.15, 0.2) is 24.3 Å². The van der Waals surface area contributed by atoms with E-state index in [1.54, 1.807) is 12.1 Å². The highest BCUT2D eigenvalue weighted by atomic mass is 35.5. The van der Waals surface area contributed by atoms with E-state index in [4.69, 9.17) is 21.1 Å². The molecule has 0 saturated carbocycles. The van der Waals surface area contributed by atoms with Gasteiger partial charge in [0.05, 0.1) is 13.2 Å². The van der Waals surface area contributed by atoms with Crippen LogP contribution in [0.5, 0.6) is 0 Å². The van der Waals surface area contributed by atoms with Crippen LogP contribution in [0.1, 0.15) is 18.9 Å². The first-order chi connectivity index (χ1) is 7.62. The maximum absolute atomic E-state index is 12.9. The second kappa shape index (κ2) is 4.70. The zero-order valence-electron chi connectivity index (χ0n) is 9.08. The molecule has 0 radical (unpaired) electrons. The lowest BCUT2D eigenvalue weighted by atomic mass is 10.0. The minimum Gasteiger partial charge on any atom is -0.343 e. The number of alkyl halides is 1. The standard InChI is InChI=1S/C12H14ClFO2/c1-9(13)8-12(15-6-7-16-12)10-2-4-11(14)5-3-10/h2-5,9H,6-8H2,1H3. The van der Waals surface area contributed by atoms with Crippen molar-refractivity contribution in [3.8, 4) is 0 Å². The SMILES string of the molecule is CC(Cl)CC1(c2ccc(F)cc2)OCCO1. The van der Waals surface area contributed by atoms with Crippen LogP contribution in [0.3, 0.4) is 0 Å². The average Bonchev–Trinajstić information content (AvgIpc) is 2.67. The van der Waals surface area contributed by atoms with Crippen molar-refractivity contribution in [2.75, 3.05) is 13.2 Å². The van der Waals surface area contributed by atoms with Crippen molar-refractivity contribution in [3.05, 3.63) is 35.6 Å². The predicted molar refractivity (Wildman–Crippen MR) is 59.9 cm³/mol. The van der Waals surface area contributed by atoms with Gasteiger partial charge < -0.3 is 9.47 Å². The van der Waals surface area contributed by atoms with Crippen LogP contribution in [0.4, 0.5) is 4.39 Å². The van der Waals surface area contributed by atoms with Crippen LogP contribution < -0.4 is 0 Å². The molecule has 0 N–H and O–H groups in total. The predicted octanol–water partition coefficient (Wildman–Crippen LogP) is 3.04. The Hall–Kier alpha value is -0.640. The third-order valence-electron chi connectivity index (χ3n) is 2.59. The summed E-state index contributed by atoms with van der Waals surface area (Å²) in [5.74, 6) is -1.06. The van der Waals surface area contributed by atoms with Gasteiger partial charge in [0.1, 0.15) is 5.82 Å². The highest BCUT2D eigenvalue weighted by Crippen LogP contribution is 2.36. The normalized spacial score (nSPS) is 20.9. The Labute approximate surface area is 99.3 Å². The molecule has 0 bridgehead atoms. The second-order valence-electron chi connectivity index (χ2n) is 3.94. The molecule has 1 fully saturated rings. The van der Waals surface area contributed by atoms with Crippen molar-refractivity contribution < 1.29 is 13.9 Å². The van der Waals surface area contributed by atoms with Crippen LogP contribution in [0.2, 0.25) is 0 Å². The summed E-state index contributed by atoms with van der Waals surface area (Å²) in [4.78, 5) is 0. The van der Waals surface area contributed by atoms with E-state index >= 15 is 0 Å². The van der Waals surface area contributed by atoms with E-state index in [-0.39, 0.29) is 11.2 Å². The summed E-state index contributed by atoms with van der Waals surface area (Å²) in [6.07, 6.45) is 0.556. The van der Waals surface area contributed by atoms with Crippen molar-refractivity contribution in [3.63, 3.8) is 0 Å². The Morgan fingerprint density at radius 1 is 1.31 bits per heavy atom. The zero-order valence-corrected chi connectivity index (χ0v) is 9.84. The minimum absolute atomic E-state index is 0.0665. The smallest absolute Gasteiger partial charge is 0.196 e. The van der Waals surface area contributed by atoms with Gasteiger partial charge in [-0.1, -0.05) is 12.1 Å². The molecular formula is C12H14ClFO2. The van der Waals surface area contributed by atoms with Crippen LogP contribution in [-0.2, 0) is 15.3 Å². The number of hydrogen-bond acceptors (Lipinski definition) is 2. The number of hydrogen-bond donors (Lipinski definition) is 0. The van der Waals surface area contributed by atoms with Gasteiger partial charge >= 0.3 is 0 Å². The van der Waals surface area contributed by atoms with Crippen LogP contribution in [0.25, 0.3) is 0 Å². The molecule has 0 amide bonds. The molecule has 2 nitrogen and oxygen atoms in total. The Morgan fingerprint density at radius 2 is 1.88 bits per heavy atom. The summed E-state index contributed by atoms with van der Waals surface area (Å²) >= 11 is 5.99. The van der Waals surface area contributed by atoms with E-state index in [0.29, 0.717) is 19.6 Å². The fourth-order valence-electron chi connectivity index (χ4n) is 1.93. The summed E-state index contributed by atoms with van der Waals surface area (Å²) in [7, 11) is 0. The third-order valence-corrected chi connectivity index (χ3v) is 2.74. The molecule has 0 spiro atoms. The summed E-state index contributed by atoms with van der Waals surface area (Å²) in [5.41, 5.74) is 0.818. The maximum atomic E-state index is 12.9. The summed E-state index contributed by atoms with van der Waals surface area (Å²) in [6.45, 7) is 2.97. The second-order valence-corrected chi connectivity index (χ2v) is 4.69. The molecule has 1 saturated heterocycles. The first kappa shape index (κ1) is 11.8. The molecule has 1 aromatic carbocycles. The molecule has 4 heteroatoms. The van der Waals surface area contributed by atoms with Gasteiger partial charge in [0.2, 0.25) is 0 Å². The molecule has 16 heavy (non-hydrogen) atoms. The van der Waals surface area contributed by atoms with E-state index < -0.39 is 5.79 Å². The van der Waals surface area contributed by atoms with E-state index in [9.17, 15) is 4.39 Å². The lowest BCUT2D eigenvalue weighted by molar-refractivity contribution is -0.170. The molecule has 1 aliphatic heterocycles. The van der Waals surface area contributed by atoms with E-state index in [1.165, 1.54) is 12.1 Å². The molecule has 88 valence electrons.